The number of carbonyl (C=O) groups is 2. The third-order valence-electron chi connectivity index (χ3n) is 3.25. The molecule has 1 aromatic rings. The third kappa shape index (κ3) is 7.13. The minimum Gasteiger partial charge on any atom is -0.491 e. The maximum absolute atomic E-state index is 13.3. The summed E-state index contributed by atoms with van der Waals surface area (Å²) in [6, 6.07) is 5.61. The predicted octanol–water partition coefficient (Wildman–Crippen LogP) is 2.26. The van der Waals surface area contributed by atoms with Crippen molar-refractivity contribution in [1.29, 1.82) is 0 Å². The summed E-state index contributed by atoms with van der Waals surface area (Å²) in [6.07, 6.45) is 1.25. The van der Waals surface area contributed by atoms with Crippen LogP contribution in [0.5, 0.6) is 5.75 Å². The zero-order valence-corrected chi connectivity index (χ0v) is 13.9. The normalized spacial score (nSPS) is 11.9. The highest BCUT2D eigenvalue weighted by Crippen LogP contribution is 2.15. The number of likely N-dealkylation sites (N-methyl/N-ethyl adjacent to an activating group) is 1. The second kappa shape index (κ2) is 9.82. The molecule has 23 heavy (non-hydrogen) atoms. The Morgan fingerprint density at radius 2 is 1.96 bits per heavy atom. The number of para-hydroxylation sites is 1. The first-order valence-electron chi connectivity index (χ1n) is 7.82. The lowest BCUT2D eigenvalue weighted by Gasteiger charge is -2.19. The van der Waals surface area contributed by atoms with E-state index in [2.05, 4.69) is 10.6 Å². The van der Waals surface area contributed by atoms with Gasteiger partial charge in [-0.05, 0) is 30.9 Å². The van der Waals surface area contributed by atoms with Crippen LogP contribution in [0, 0.1) is 11.7 Å². The second-order valence-corrected chi connectivity index (χ2v) is 5.75. The average Bonchev–Trinajstić information content (AvgIpc) is 2.51. The van der Waals surface area contributed by atoms with Crippen molar-refractivity contribution < 1.29 is 18.7 Å². The smallest absolute Gasteiger partial charge is 0.242 e. The second-order valence-electron chi connectivity index (χ2n) is 5.75. The fourth-order valence-corrected chi connectivity index (χ4v) is 2.12. The van der Waals surface area contributed by atoms with E-state index < -0.39 is 11.9 Å². The molecule has 0 fully saturated rings. The molecule has 0 aliphatic rings. The lowest BCUT2D eigenvalue weighted by Crippen LogP contribution is -2.46. The Bertz CT molecular complexity index is 520. The van der Waals surface area contributed by atoms with Crippen LogP contribution in [-0.4, -0.2) is 31.5 Å². The average molecular weight is 324 g/mol. The van der Waals surface area contributed by atoms with Crippen LogP contribution >= 0.6 is 0 Å². The van der Waals surface area contributed by atoms with Gasteiger partial charge in [-0.3, -0.25) is 9.59 Å². The standard InChI is InChI=1S/C17H25FN2O3/c1-12(2)11-14(17(22)19-3)20-16(21)9-6-10-23-15-8-5-4-7-13(15)18/h4-5,7-8,12,14H,6,9-11H2,1-3H3,(H,19,22)(H,20,21). The number of hydrogen-bond acceptors (Lipinski definition) is 3. The SMILES string of the molecule is CNC(=O)C(CC(C)C)NC(=O)CCCOc1ccccc1F. The number of amides is 2. The van der Waals surface area contributed by atoms with Crippen LogP contribution < -0.4 is 15.4 Å². The molecular weight excluding hydrogens is 299 g/mol. The maximum atomic E-state index is 13.3. The molecule has 2 amide bonds. The number of carbonyl (C=O) groups excluding carboxylic acids is 2. The van der Waals surface area contributed by atoms with Crippen LogP contribution in [-0.2, 0) is 9.59 Å². The minimum absolute atomic E-state index is 0.177. The van der Waals surface area contributed by atoms with Crippen LogP contribution in [0.4, 0.5) is 4.39 Å². The Labute approximate surface area is 136 Å². The van der Waals surface area contributed by atoms with E-state index >= 15 is 0 Å². The summed E-state index contributed by atoms with van der Waals surface area (Å²) in [5.74, 6) is -0.363. The van der Waals surface area contributed by atoms with Gasteiger partial charge in [0.2, 0.25) is 11.8 Å². The first-order chi connectivity index (χ1) is 10.9. The van der Waals surface area contributed by atoms with E-state index in [1.807, 2.05) is 13.8 Å². The van der Waals surface area contributed by atoms with Gasteiger partial charge in [-0.2, -0.15) is 0 Å². The molecule has 0 heterocycles. The van der Waals surface area contributed by atoms with Gasteiger partial charge in [0.05, 0.1) is 6.61 Å². The molecule has 1 aromatic carbocycles. The highest BCUT2D eigenvalue weighted by molar-refractivity contribution is 5.87. The van der Waals surface area contributed by atoms with E-state index in [0.717, 1.165) is 0 Å². The van der Waals surface area contributed by atoms with Crippen LogP contribution in [0.1, 0.15) is 33.1 Å². The monoisotopic (exact) mass is 324 g/mol. The van der Waals surface area contributed by atoms with Crippen LogP contribution in [0.3, 0.4) is 0 Å². The number of benzene rings is 1. The zero-order valence-electron chi connectivity index (χ0n) is 13.9. The molecule has 1 unspecified atom stereocenters. The Balaban J connectivity index is 2.35. The number of rotatable bonds is 9. The number of hydrogen-bond donors (Lipinski definition) is 2. The van der Waals surface area contributed by atoms with Gasteiger partial charge in [0, 0.05) is 13.5 Å². The molecule has 128 valence electrons. The summed E-state index contributed by atoms with van der Waals surface area (Å²) < 4.78 is 18.6. The van der Waals surface area contributed by atoms with E-state index in [9.17, 15) is 14.0 Å². The van der Waals surface area contributed by atoms with E-state index in [1.54, 1.807) is 25.2 Å². The van der Waals surface area contributed by atoms with Gasteiger partial charge in [0.15, 0.2) is 11.6 Å². The van der Waals surface area contributed by atoms with Crippen LogP contribution in [0.2, 0.25) is 0 Å². The molecule has 1 rings (SSSR count). The quantitative estimate of drug-likeness (QED) is 0.685. The number of ether oxygens (including phenoxy) is 1. The molecule has 0 aliphatic heterocycles. The van der Waals surface area contributed by atoms with E-state index in [1.165, 1.54) is 6.07 Å². The molecule has 0 saturated carbocycles. The summed E-state index contributed by atoms with van der Waals surface area (Å²) >= 11 is 0. The van der Waals surface area contributed by atoms with Crippen molar-refractivity contribution in [2.24, 2.45) is 5.92 Å². The van der Waals surface area contributed by atoms with E-state index in [-0.39, 0.29) is 30.6 Å². The zero-order chi connectivity index (χ0) is 17.2. The molecule has 0 aliphatic carbocycles. The number of nitrogens with one attached hydrogen (secondary N) is 2. The first-order valence-corrected chi connectivity index (χ1v) is 7.82. The Kier molecular flexibility index (Phi) is 8.08. The van der Waals surface area contributed by atoms with Crippen molar-refractivity contribution in [2.45, 2.75) is 39.2 Å². The summed E-state index contributed by atoms with van der Waals surface area (Å²) in [7, 11) is 1.55. The van der Waals surface area contributed by atoms with Crippen molar-refractivity contribution in [3.05, 3.63) is 30.1 Å². The first kappa shape index (κ1) is 18.9. The third-order valence-corrected chi connectivity index (χ3v) is 3.25. The van der Waals surface area contributed by atoms with Crippen LogP contribution in [0.25, 0.3) is 0 Å². The topological polar surface area (TPSA) is 67.4 Å². The lowest BCUT2D eigenvalue weighted by atomic mass is 10.0. The van der Waals surface area contributed by atoms with Crippen molar-refractivity contribution >= 4 is 11.8 Å². The summed E-state index contributed by atoms with van der Waals surface area (Å²) in [4.78, 5) is 23.7. The lowest BCUT2D eigenvalue weighted by molar-refractivity contribution is -0.129. The van der Waals surface area contributed by atoms with Gasteiger partial charge >= 0.3 is 0 Å². The van der Waals surface area contributed by atoms with Crippen molar-refractivity contribution in [2.75, 3.05) is 13.7 Å². The number of halogens is 1. The van der Waals surface area contributed by atoms with Crippen molar-refractivity contribution in [3.63, 3.8) is 0 Å². The fourth-order valence-electron chi connectivity index (χ4n) is 2.12. The van der Waals surface area contributed by atoms with Gasteiger partial charge in [-0.1, -0.05) is 26.0 Å². The molecule has 2 N–H and O–H groups in total. The molecule has 0 spiro atoms. The highest BCUT2D eigenvalue weighted by atomic mass is 19.1. The van der Waals surface area contributed by atoms with Gasteiger partial charge < -0.3 is 15.4 Å². The molecule has 6 heteroatoms. The molecular formula is C17H25FN2O3. The molecule has 1 atom stereocenters. The highest BCUT2D eigenvalue weighted by Gasteiger charge is 2.20. The fraction of sp³-hybridized carbons (Fsp3) is 0.529. The van der Waals surface area contributed by atoms with Gasteiger partial charge in [-0.15, -0.1) is 0 Å². The maximum Gasteiger partial charge on any atom is 0.242 e. The van der Waals surface area contributed by atoms with Crippen LogP contribution in [0.15, 0.2) is 24.3 Å². The molecule has 0 saturated heterocycles. The minimum atomic E-state index is -0.528. The molecule has 0 bridgehead atoms. The Morgan fingerprint density at radius 1 is 1.26 bits per heavy atom. The molecule has 0 aromatic heterocycles. The molecule has 0 radical (unpaired) electrons. The Morgan fingerprint density at radius 3 is 2.57 bits per heavy atom. The van der Waals surface area contributed by atoms with Crippen molar-refractivity contribution in [1.82, 2.24) is 10.6 Å². The summed E-state index contributed by atoms with van der Waals surface area (Å²) in [5, 5.41) is 5.28. The van der Waals surface area contributed by atoms with Crippen molar-refractivity contribution in [3.8, 4) is 5.75 Å². The van der Waals surface area contributed by atoms with Gasteiger partial charge in [-0.25, -0.2) is 4.39 Å². The Hall–Kier alpha value is -2.11. The van der Waals surface area contributed by atoms with E-state index in [0.29, 0.717) is 18.8 Å². The summed E-state index contributed by atoms with van der Waals surface area (Å²) in [6.45, 7) is 4.22. The largest absolute Gasteiger partial charge is 0.491 e. The predicted molar refractivity (Wildman–Crippen MR) is 86.6 cm³/mol. The van der Waals surface area contributed by atoms with Gasteiger partial charge in [0.25, 0.3) is 0 Å². The summed E-state index contributed by atoms with van der Waals surface area (Å²) in [5.41, 5.74) is 0. The van der Waals surface area contributed by atoms with Gasteiger partial charge in [0.1, 0.15) is 6.04 Å². The molecule has 5 nitrogen and oxygen atoms in total. The van der Waals surface area contributed by atoms with E-state index in [4.69, 9.17) is 4.74 Å².